The van der Waals surface area contributed by atoms with E-state index in [1.807, 2.05) is 0 Å². The van der Waals surface area contributed by atoms with Gasteiger partial charge in [0.05, 0.1) is 13.2 Å². The molecule has 0 bridgehead atoms. The number of ether oxygens (including phenoxy) is 1. The molecule has 1 fully saturated rings. The van der Waals surface area contributed by atoms with Crippen LogP contribution in [0.2, 0.25) is 0 Å². The van der Waals surface area contributed by atoms with Crippen molar-refractivity contribution in [2.24, 2.45) is 11.8 Å². The molecule has 0 amide bonds. The highest BCUT2D eigenvalue weighted by atomic mass is 16.5. The van der Waals surface area contributed by atoms with Gasteiger partial charge in [-0.1, -0.05) is 26.7 Å². The van der Waals surface area contributed by atoms with Crippen molar-refractivity contribution in [1.29, 1.82) is 0 Å². The van der Waals surface area contributed by atoms with Crippen molar-refractivity contribution in [1.82, 2.24) is 5.32 Å². The maximum absolute atomic E-state index is 9.69. The molecule has 1 rings (SSSR count). The van der Waals surface area contributed by atoms with E-state index < -0.39 is 0 Å². The predicted octanol–water partition coefficient (Wildman–Crippen LogP) is 2.19. The van der Waals surface area contributed by atoms with Crippen molar-refractivity contribution < 1.29 is 9.84 Å². The van der Waals surface area contributed by atoms with Crippen molar-refractivity contribution in [2.45, 2.75) is 51.5 Å². The number of hydrogen-bond donors (Lipinski definition) is 2. The van der Waals surface area contributed by atoms with E-state index in [0.717, 1.165) is 37.8 Å². The van der Waals surface area contributed by atoms with E-state index in [2.05, 4.69) is 19.2 Å². The standard InChI is InChI=1S/C14H29NO2/c1-12(2)13-5-4-7-14(11-16,8-6-13)15-9-10-17-3/h12-13,15-16H,4-11H2,1-3H3. The minimum absolute atomic E-state index is 0.0534. The van der Waals surface area contributed by atoms with Crippen molar-refractivity contribution in [3.63, 3.8) is 0 Å². The van der Waals surface area contributed by atoms with E-state index in [9.17, 15) is 5.11 Å². The second kappa shape index (κ2) is 7.34. The maximum Gasteiger partial charge on any atom is 0.0613 e. The summed E-state index contributed by atoms with van der Waals surface area (Å²) in [5.74, 6) is 1.59. The molecule has 0 spiro atoms. The van der Waals surface area contributed by atoms with Gasteiger partial charge >= 0.3 is 0 Å². The van der Waals surface area contributed by atoms with Gasteiger partial charge < -0.3 is 15.2 Å². The number of aliphatic hydroxyl groups is 1. The fourth-order valence-electron chi connectivity index (χ4n) is 2.91. The summed E-state index contributed by atoms with van der Waals surface area (Å²) in [6.07, 6.45) is 5.96. The average molecular weight is 243 g/mol. The molecule has 3 heteroatoms. The summed E-state index contributed by atoms with van der Waals surface area (Å²) in [6, 6.07) is 0. The number of nitrogens with one attached hydrogen (secondary N) is 1. The van der Waals surface area contributed by atoms with Gasteiger partial charge in [0.15, 0.2) is 0 Å². The van der Waals surface area contributed by atoms with Gasteiger partial charge in [0.1, 0.15) is 0 Å². The third-order valence-corrected chi connectivity index (χ3v) is 4.28. The maximum atomic E-state index is 9.69. The Morgan fingerprint density at radius 3 is 2.71 bits per heavy atom. The number of rotatable bonds is 6. The van der Waals surface area contributed by atoms with E-state index in [1.54, 1.807) is 7.11 Å². The topological polar surface area (TPSA) is 41.5 Å². The molecule has 2 N–H and O–H groups in total. The second-order valence-electron chi connectivity index (χ2n) is 5.79. The lowest BCUT2D eigenvalue weighted by atomic mass is 9.87. The smallest absolute Gasteiger partial charge is 0.0613 e. The molecule has 1 aliphatic carbocycles. The first kappa shape index (κ1) is 14.9. The van der Waals surface area contributed by atoms with Gasteiger partial charge in [-0.25, -0.2) is 0 Å². The number of methoxy groups -OCH3 is 1. The third-order valence-electron chi connectivity index (χ3n) is 4.28. The van der Waals surface area contributed by atoms with E-state index in [0.29, 0.717) is 0 Å². The Morgan fingerprint density at radius 1 is 1.35 bits per heavy atom. The Hall–Kier alpha value is -0.120. The van der Waals surface area contributed by atoms with Crippen molar-refractivity contribution >= 4 is 0 Å². The average Bonchev–Trinajstić information content (AvgIpc) is 2.53. The highest BCUT2D eigenvalue weighted by Crippen LogP contribution is 2.33. The highest BCUT2D eigenvalue weighted by molar-refractivity contribution is 4.91. The van der Waals surface area contributed by atoms with Crippen molar-refractivity contribution in [2.75, 3.05) is 26.9 Å². The highest BCUT2D eigenvalue weighted by Gasteiger charge is 2.32. The molecule has 0 saturated heterocycles. The van der Waals surface area contributed by atoms with Crippen molar-refractivity contribution in [3.05, 3.63) is 0 Å². The van der Waals surface area contributed by atoms with Crippen LogP contribution in [0.15, 0.2) is 0 Å². The first-order valence-electron chi connectivity index (χ1n) is 6.98. The lowest BCUT2D eigenvalue weighted by Gasteiger charge is -2.32. The summed E-state index contributed by atoms with van der Waals surface area (Å²) >= 11 is 0. The number of hydrogen-bond acceptors (Lipinski definition) is 3. The summed E-state index contributed by atoms with van der Waals surface area (Å²) in [7, 11) is 1.72. The molecule has 2 unspecified atom stereocenters. The molecular formula is C14H29NO2. The van der Waals surface area contributed by atoms with Crippen LogP contribution in [-0.4, -0.2) is 37.5 Å². The number of aliphatic hydroxyl groups excluding tert-OH is 1. The van der Waals surface area contributed by atoms with Crippen LogP contribution in [0.4, 0.5) is 0 Å². The molecule has 0 aromatic rings. The summed E-state index contributed by atoms with van der Waals surface area (Å²) in [5.41, 5.74) is -0.0534. The molecule has 102 valence electrons. The van der Waals surface area contributed by atoms with E-state index in [4.69, 9.17) is 4.74 Å². The van der Waals surface area contributed by atoms with Gasteiger partial charge in [-0.15, -0.1) is 0 Å². The van der Waals surface area contributed by atoms with Gasteiger partial charge in [-0.2, -0.15) is 0 Å². The molecule has 2 atom stereocenters. The molecule has 0 aromatic heterocycles. The SMILES string of the molecule is COCCNC1(CO)CCCC(C(C)C)CC1. The quantitative estimate of drug-likeness (QED) is 0.555. The van der Waals surface area contributed by atoms with Crippen LogP contribution in [0.5, 0.6) is 0 Å². The summed E-state index contributed by atoms with van der Waals surface area (Å²) < 4.78 is 5.07. The predicted molar refractivity (Wildman–Crippen MR) is 71.1 cm³/mol. The van der Waals surface area contributed by atoms with Gasteiger partial charge in [-0.05, 0) is 31.1 Å². The second-order valence-corrected chi connectivity index (χ2v) is 5.79. The molecule has 0 radical (unpaired) electrons. The summed E-state index contributed by atoms with van der Waals surface area (Å²) in [5, 5.41) is 13.2. The lowest BCUT2D eigenvalue weighted by Crippen LogP contribution is -2.49. The third kappa shape index (κ3) is 4.57. The summed E-state index contributed by atoms with van der Waals surface area (Å²) in [6.45, 7) is 6.43. The Labute approximate surface area is 106 Å². The molecule has 1 aliphatic rings. The summed E-state index contributed by atoms with van der Waals surface area (Å²) in [4.78, 5) is 0. The molecule has 17 heavy (non-hydrogen) atoms. The largest absolute Gasteiger partial charge is 0.394 e. The molecule has 3 nitrogen and oxygen atoms in total. The molecular weight excluding hydrogens is 214 g/mol. The minimum atomic E-state index is -0.0534. The molecule has 0 aliphatic heterocycles. The fourth-order valence-corrected chi connectivity index (χ4v) is 2.91. The van der Waals surface area contributed by atoms with Crippen LogP contribution in [-0.2, 0) is 4.74 Å². The van der Waals surface area contributed by atoms with Gasteiger partial charge in [-0.3, -0.25) is 0 Å². The zero-order valence-electron chi connectivity index (χ0n) is 11.7. The molecule has 0 heterocycles. The first-order valence-corrected chi connectivity index (χ1v) is 6.98. The Kier molecular flexibility index (Phi) is 6.45. The molecule has 1 saturated carbocycles. The van der Waals surface area contributed by atoms with E-state index >= 15 is 0 Å². The van der Waals surface area contributed by atoms with Crippen molar-refractivity contribution in [3.8, 4) is 0 Å². The lowest BCUT2D eigenvalue weighted by molar-refractivity contribution is 0.124. The zero-order valence-corrected chi connectivity index (χ0v) is 11.7. The minimum Gasteiger partial charge on any atom is -0.394 e. The van der Waals surface area contributed by atoms with Gasteiger partial charge in [0.25, 0.3) is 0 Å². The fraction of sp³-hybridized carbons (Fsp3) is 1.00. The van der Waals surface area contributed by atoms with Crippen LogP contribution in [0.3, 0.4) is 0 Å². The van der Waals surface area contributed by atoms with Gasteiger partial charge in [0, 0.05) is 19.2 Å². The Morgan fingerprint density at radius 2 is 2.12 bits per heavy atom. The van der Waals surface area contributed by atoms with Gasteiger partial charge in [0.2, 0.25) is 0 Å². The van der Waals surface area contributed by atoms with E-state index in [1.165, 1.54) is 19.3 Å². The Bertz CT molecular complexity index is 208. The van der Waals surface area contributed by atoms with Crippen LogP contribution in [0.1, 0.15) is 46.0 Å². The normalized spacial score (nSPS) is 30.5. The monoisotopic (exact) mass is 243 g/mol. The van der Waals surface area contributed by atoms with E-state index in [-0.39, 0.29) is 12.1 Å². The zero-order chi connectivity index (χ0) is 12.7. The van der Waals surface area contributed by atoms with Crippen LogP contribution in [0.25, 0.3) is 0 Å². The Balaban J connectivity index is 2.49. The first-order chi connectivity index (χ1) is 8.13. The van der Waals surface area contributed by atoms with Crippen LogP contribution >= 0.6 is 0 Å². The molecule has 0 aromatic carbocycles. The van der Waals surface area contributed by atoms with Crippen LogP contribution in [0, 0.1) is 11.8 Å². The van der Waals surface area contributed by atoms with Crippen LogP contribution < -0.4 is 5.32 Å².